The molecule has 1 heterocycles. The van der Waals surface area contributed by atoms with Crippen LogP contribution in [0.2, 0.25) is 5.28 Å². The van der Waals surface area contributed by atoms with Crippen molar-refractivity contribution in [3.63, 3.8) is 0 Å². The Hall–Kier alpha value is -1.42. The summed E-state index contributed by atoms with van der Waals surface area (Å²) in [5.74, 6) is 0.532. The van der Waals surface area contributed by atoms with Crippen LogP contribution in [0.15, 0.2) is 31.6 Å². The maximum absolute atomic E-state index is 5.65. The largest absolute Gasteiger partial charge is 0.333 e. The summed E-state index contributed by atoms with van der Waals surface area (Å²) in [6.07, 6.45) is 4.91. The van der Waals surface area contributed by atoms with Crippen LogP contribution in [-0.4, -0.2) is 28.0 Å². The van der Waals surface area contributed by atoms with Gasteiger partial charge < -0.3 is 4.90 Å². The third-order valence-electron chi connectivity index (χ3n) is 1.51. The molecular weight excluding hydrogens is 200 g/mol. The summed E-state index contributed by atoms with van der Waals surface area (Å²) in [4.78, 5) is 13.6. The Labute approximate surface area is 88.0 Å². The highest BCUT2D eigenvalue weighted by molar-refractivity contribution is 6.28. The van der Waals surface area contributed by atoms with Gasteiger partial charge in [0.05, 0.1) is 0 Å². The highest BCUT2D eigenvalue weighted by atomic mass is 35.5. The van der Waals surface area contributed by atoms with Crippen LogP contribution >= 0.6 is 11.6 Å². The van der Waals surface area contributed by atoms with Gasteiger partial charge in [-0.1, -0.05) is 12.2 Å². The molecule has 74 valence electrons. The second-order valence-corrected chi connectivity index (χ2v) is 2.87. The van der Waals surface area contributed by atoms with Gasteiger partial charge >= 0.3 is 0 Å². The van der Waals surface area contributed by atoms with Crippen molar-refractivity contribution in [2.24, 2.45) is 0 Å². The van der Waals surface area contributed by atoms with Crippen LogP contribution in [0.3, 0.4) is 0 Å². The lowest BCUT2D eigenvalue weighted by Crippen LogP contribution is -2.25. The lowest BCUT2D eigenvalue weighted by atomic mass is 10.5. The zero-order valence-electron chi connectivity index (χ0n) is 7.73. The van der Waals surface area contributed by atoms with Crippen LogP contribution in [0.1, 0.15) is 0 Å². The maximum Gasteiger partial charge on any atom is 0.230 e. The summed E-state index contributed by atoms with van der Waals surface area (Å²) in [5, 5.41) is 0.188. The SMILES string of the molecule is C=CCN(CC=C)c1ncnc(Cl)n1. The van der Waals surface area contributed by atoms with Gasteiger partial charge in [-0.25, -0.2) is 9.97 Å². The van der Waals surface area contributed by atoms with Crippen molar-refractivity contribution in [2.45, 2.75) is 0 Å². The number of hydrogen-bond donors (Lipinski definition) is 0. The highest BCUT2D eigenvalue weighted by Crippen LogP contribution is 2.08. The molecule has 14 heavy (non-hydrogen) atoms. The van der Waals surface area contributed by atoms with Crippen molar-refractivity contribution >= 4 is 17.5 Å². The monoisotopic (exact) mass is 210 g/mol. The molecule has 0 fully saturated rings. The average Bonchev–Trinajstić information content (AvgIpc) is 2.17. The molecule has 0 saturated heterocycles. The molecule has 0 unspecified atom stereocenters. The van der Waals surface area contributed by atoms with E-state index >= 15 is 0 Å². The fraction of sp³-hybridized carbons (Fsp3) is 0.222. The molecule has 0 amide bonds. The zero-order chi connectivity index (χ0) is 10.4. The van der Waals surface area contributed by atoms with E-state index in [0.29, 0.717) is 19.0 Å². The summed E-state index contributed by atoms with van der Waals surface area (Å²) in [7, 11) is 0. The van der Waals surface area contributed by atoms with E-state index in [9.17, 15) is 0 Å². The molecule has 0 saturated carbocycles. The van der Waals surface area contributed by atoms with E-state index in [1.54, 1.807) is 12.2 Å². The zero-order valence-corrected chi connectivity index (χ0v) is 8.48. The van der Waals surface area contributed by atoms with Crippen LogP contribution in [0.5, 0.6) is 0 Å². The molecule has 1 rings (SSSR count). The third-order valence-corrected chi connectivity index (χ3v) is 1.69. The van der Waals surface area contributed by atoms with Gasteiger partial charge in [-0.05, 0) is 11.6 Å². The van der Waals surface area contributed by atoms with Crippen LogP contribution < -0.4 is 4.90 Å². The van der Waals surface area contributed by atoms with Gasteiger partial charge in [0.1, 0.15) is 6.33 Å². The Morgan fingerprint density at radius 2 is 1.93 bits per heavy atom. The minimum Gasteiger partial charge on any atom is -0.333 e. The van der Waals surface area contributed by atoms with E-state index in [1.165, 1.54) is 6.33 Å². The number of anilines is 1. The van der Waals surface area contributed by atoms with Crippen LogP contribution in [-0.2, 0) is 0 Å². The quantitative estimate of drug-likeness (QED) is 0.694. The second-order valence-electron chi connectivity index (χ2n) is 2.54. The fourth-order valence-corrected chi connectivity index (χ4v) is 1.09. The van der Waals surface area contributed by atoms with Gasteiger partial charge in [0.15, 0.2) is 0 Å². The Bertz CT molecular complexity index is 316. The summed E-state index contributed by atoms with van der Waals surface area (Å²) < 4.78 is 0. The molecule has 0 aliphatic rings. The minimum atomic E-state index is 0.188. The molecule has 0 aliphatic heterocycles. The average molecular weight is 211 g/mol. The summed E-state index contributed by atoms with van der Waals surface area (Å²) >= 11 is 5.65. The molecule has 4 nitrogen and oxygen atoms in total. The number of aromatic nitrogens is 3. The van der Waals surface area contributed by atoms with E-state index < -0.39 is 0 Å². The first kappa shape index (κ1) is 10.7. The Balaban J connectivity index is 2.85. The maximum atomic E-state index is 5.65. The lowest BCUT2D eigenvalue weighted by Gasteiger charge is -2.18. The molecule has 0 radical (unpaired) electrons. The molecule has 5 heteroatoms. The first-order valence-corrected chi connectivity index (χ1v) is 4.47. The fourth-order valence-electron chi connectivity index (χ4n) is 0.970. The number of rotatable bonds is 5. The molecule has 1 aromatic rings. The van der Waals surface area contributed by atoms with Gasteiger partial charge in [0, 0.05) is 13.1 Å². The first-order chi connectivity index (χ1) is 6.77. The first-order valence-electron chi connectivity index (χ1n) is 4.09. The molecule has 0 atom stereocenters. The van der Waals surface area contributed by atoms with Gasteiger partial charge in [-0.15, -0.1) is 13.2 Å². The second kappa shape index (κ2) is 5.34. The summed E-state index contributed by atoms with van der Waals surface area (Å²) in [6, 6.07) is 0. The molecule has 1 aromatic heterocycles. The van der Waals surface area contributed by atoms with Gasteiger partial charge in [-0.3, -0.25) is 0 Å². The Morgan fingerprint density at radius 1 is 1.29 bits per heavy atom. The topological polar surface area (TPSA) is 41.9 Å². The number of nitrogens with zero attached hydrogens (tertiary/aromatic N) is 4. The number of halogens is 1. The van der Waals surface area contributed by atoms with E-state index in [1.807, 2.05) is 4.90 Å². The normalized spacial score (nSPS) is 9.50. The molecule has 0 aliphatic carbocycles. The Morgan fingerprint density at radius 3 is 2.43 bits per heavy atom. The molecule has 0 bridgehead atoms. The molecule has 0 spiro atoms. The smallest absolute Gasteiger partial charge is 0.230 e. The third kappa shape index (κ3) is 2.81. The Kier molecular flexibility index (Phi) is 4.07. The van der Waals surface area contributed by atoms with Crippen LogP contribution in [0.25, 0.3) is 0 Å². The predicted molar refractivity (Wildman–Crippen MR) is 57.4 cm³/mol. The number of hydrogen-bond acceptors (Lipinski definition) is 4. The van der Waals surface area contributed by atoms with Crippen LogP contribution in [0.4, 0.5) is 5.95 Å². The van der Waals surface area contributed by atoms with Crippen molar-refractivity contribution in [3.05, 3.63) is 36.9 Å². The van der Waals surface area contributed by atoms with Crippen molar-refractivity contribution in [1.29, 1.82) is 0 Å². The standard InChI is InChI=1S/C9H11ClN4/c1-3-5-14(6-4-2)9-12-7-11-8(10)13-9/h3-4,7H,1-2,5-6H2. The minimum absolute atomic E-state index is 0.188. The van der Waals surface area contributed by atoms with Crippen molar-refractivity contribution in [2.75, 3.05) is 18.0 Å². The van der Waals surface area contributed by atoms with E-state index in [0.717, 1.165) is 0 Å². The van der Waals surface area contributed by atoms with Crippen molar-refractivity contribution < 1.29 is 0 Å². The van der Waals surface area contributed by atoms with E-state index in [4.69, 9.17) is 11.6 Å². The lowest BCUT2D eigenvalue weighted by molar-refractivity contribution is 0.871. The van der Waals surface area contributed by atoms with Gasteiger partial charge in [-0.2, -0.15) is 4.98 Å². The van der Waals surface area contributed by atoms with Crippen LogP contribution in [0, 0.1) is 0 Å². The van der Waals surface area contributed by atoms with Crippen molar-refractivity contribution in [1.82, 2.24) is 15.0 Å². The molecule has 0 N–H and O–H groups in total. The summed E-state index contributed by atoms with van der Waals surface area (Å²) in [6.45, 7) is 8.59. The van der Waals surface area contributed by atoms with Gasteiger partial charge in [0.2, 0.25) is 11.2 Å². The molecule has 0 aromatic carbocycles. The highest BCUT2D eigenvalue weighted by Gasteiger charge is 2.06. The molecular formula is C9H11ClN4. The predicted octanol–water partition coefficient (Wildman–Crippen LogP) is 1.70. The van der Waals surface area contributed by atoms with Gasteiger partial charge in [0.25, 0.3) is 0 Å². The van der Waals surface area contributed by atoms with E-state index in [2.05, 4.69) is 28.1 Å². The van der Waals surface area contributed by atoms with Crippen molar-refractivity contribution in [3.8, 4) is 0 Å². The summed E-state index contributed by atoms with van der Waals surface area (Å²) in [5.41, 5.74) is 0. The van der Waals surface area contributed by atoms with E-state index in [-0.39, 0.29) is 5.28 Å².